The summed E-state index contributed by atoms with van der Waals surface area (Å²) in [5.74, 6) is 0. The van der Waals surface area contributed by atoms with Crippen LogP contribution in [0.5, 0.6) is 0 Å². The molecule has 2 fully saturated rings. The molecule has 0 aliphatic carbocycles. The van der Waals surface area contributed by atoms with Gasteiger partial charge in [-0.2, -0.15) is 5.10 Å². The second-order valence-electron chi connectivity index (χ2n) is 5.48. The van der Waals surface area contributed by atoms with Crippen molar-refractivity contribution in [2.24, 2.45) is 0 Å². The van der Waals surface area contributed by atoms with Crippen LogP contribution in [0.1, 0.15) is 32.1 Å². The Kier molecular flexibility index (Phi) is 3.39. The SMILES string of the molecule is CN1C2CCCC1CC(Nc1cnnc(Cl)c1)C2. The lowest BCUT2D eigenvalue weighted by atomic mass is 9.82. The van der Waals surface area contributed by atoms with Crippen molar-refractivity contribution in [3.05, 3.63) is 17.4 Å². The molecule has 2 bridgehead atoms. The van der Waals surface area contributed by atoms with E-state index in [-0.39, 0.29) is 0 Å². The number of piperidine rings is 2. The van der Waals surface area contributed by atoms with Gasteiger partial charge >= 0.3 is 0 Å². The summed E-state index contributed by atoms with van der Waals surface area (Å²) in [6.07, 6.45) is 8.23. The first-order chi connectivity index (χ1) is 8.72. The first-order valence-electron chi connectivity index (χ1n) is 6.69. The van der Waals surface area contributed by atoms with Crippen molar-refractivity contribution in [2.75, 3.05) is 12.4 Å². The number of hydrogen-bond donors (Lipinski definition) is 1. The highest BCUT2D eigenvalue weighted by atomic mass is 35.5. The predicted octanol–water partition coefficient (Wildman–Crippen LogP) is 2.56. The zero-order valence-corrected chi connectivity index (χ0v) is 11.4. The summed E-state index contributed by atoms with van der Waals surface area (Å²) in [7, 11) is 2.27. The van der Waals surface area contributed by atoms with E-state index in [9.17, 15) is 0 Å². The maximum Gasteiger partial charge on any atom is 0.153 e. The Labute approximate surface area is 113 Å². The largest absolute Gasteiger partial charge is 0.381 e. The monoisotopic (exact) mass is 266 g/mol. The minimum atomic E-state index is 0.452. The second kappa shape index (κ2) is 5.02. The second-order valence-corrected chi connectivity index (χ2v) is 5.87. The molecular formula is C13H19ClN4. The van der Waals surface area contributed by atoms with Crippen LogP contribution in [0, 0.1) is 0 Å². The number of fused-ring (bicyclic) bond motifs is 2. The number of anilines is 1. The van der Waals surface area contributed by atoms with E-state index in [0.29, 0.717) is 11.2 Å². The summed E-state index contributed by atoms with van der Waals surface area (Å²) < 4.78 is 0. The Morgan fingerprint density at radius 3 is 2.72 bits per heavy atom. The van der Waals surface area contributed by atoms with Crippen molar-refractivity contribution in [1.29, 1.82) is 0 Å². The first-order valence-corrected chi connectivity index (χ1v) is 7.07. The first kappa shape index (κ1) is 12.2. The molecule has 0 saturated carbocycles. The van der Waals surface area contributed by atoms with Crippen molar-refractivity contribution in [3.63, 3.8) is 0 Å². The summed E-state index contributed by atoms with van der Waals surface area (Å²) in [5.41, 5.74) is 0.989. The number of aromatic nitrogens is 2. The standard InChI is InChI=1S/C13H19ClN4/c1-18-11-3-2-4-12(18)6-9(5-11)16-10-7-13(14)17-15-8-10/h7-9,11-12H,2-6H2,1H3,(H,16,17). The van der Waals surface area contributed by atoms with Gasteiger partial charge in [-0.15, -0.1) is 5.10 Å². The van der Waals surface area contributed by atoms with E-state index < -0.39 is 0 Å². The van der Waals surface area contributed by atoms with Gasteiger partial charge in [-0.25, -0.2) is 0 Å². The zero-order chi connectivity index (χ0) is 12.5. The third-order valence-corrected chi connectivity index (χ3v) is 4.52. The molecule has 1 aromatic heterocycles. The highest BCUT2D eigenvalue weighted by Gasteiger charge is 2.35. The summed E-state index contributed by atoms with van der Waals surface area (Å²) >= 11 is 5.86. The highest BCUT2D eigenvalue weighted by molar-refractivity contribution is 6.29. The molecule has 0 aromatic carbocycles. The molecule has 2 unspecified atom stereocenters. The van der Waals surface area contributed by atoms with Crippen molar-refractivity contribution in [3.8, 4) is 0 Å². The van der Waals surface area contributed by atoms with E-state index in [1.54, 1.807) is 6.20 Å². The Balaban J connectivity index is 1.68. The molecule has 2 atom stereocenters. The maximum absolute atomic E-state index is 5.86. The fourth-order valence-corrected chi connectivity index (χ4v) is 3.55. The van der Waals surface area contributed by atoms with Crippen LogP contribution < -0.4 is 5.32 Å². The molecule has 2 aliphatic heterocycles. The molecule has 1 N–H and O–H groups in total. The molecule has 3 heterocycles. The van der Waals surface area contributed by atoms with Gasteiger partial charge in [0.05, 0.1) is 11.9 Å². The third kappa shape index (κ3) is 2.45. The van der Waals surface area contributed by atoms with Crippen LogP contribution in [0.3, 0.4) is 0 Å². The normalized spacial score (nSPS) is 32.2. The summed E-state index contributed by atoms with van der Waals surface area (Å²) in [4.78, 5) is 2.57. The predicted molar refractivity (Wildman–Crippen MR) is 72.9 cm³/mol. The Bertz CT molecular complexity index is 411. The van der Waals surface area contributed by atoms with Gasteiger partial charge in [0.15, 0.2) is 5.15 Å². The minimum absolute atomic E-state index is 0.452. The van der Waals surface area contributed by atoms with Crippen molar-refractivity contribution < 1.29 is 0 Å². The molecule has 0 radical (unpaired) electrons. The number of nitrogens with zero attached hydrogens (tertiary/aromatic N) is 3. The van der Waals surface area contributed by atoms with Gasteiger partial charge in [0.25, 0.3) is 0 Å². The van der Waals surface area contributed by atoms with Crippen LogP contribution in [0.2, 0.25) is 5.15 Å². The molecule has 1 aromatic rings. The molecule has 5 heteroatoms. The average Bonchev–Trinajstić information content (AvgIpc) is 2.30. The summed E-state index contributed by atoms with van der Waals surface area (Å²) in [5, 5.41) is 11.7. The van der Waals surface area contributed by atoms with Gasteiger partial charge < -0.3 is 10.2 Å². The molecule has 3 rings (SSSR count). The smallest absolute Gasteiger partial charge is 0.153 e. The number of rotatable bonds is 2. The minimum Gasteiger partial charge on any atom is -0.381 e. The molecule has 0 spiro atoms. The quantitative estimate of drug-likeness (QED) is 0.893. The molecule has 98 valence electrons. The van der Waals surface area contributed by atoms with E-state index in [1.165, 1.54) is 32.1 Å². The number of nitrogens with one attached hydrogen (secondary N) is 1. The van der Waals surface area contributed by atoms with Gasteiger partial charge in [-0.05, 0) is 32.7 Å². The molecule has 0 amide bonds. The lowest BCUT2D eigenvalue weighted by molar-refractivity contribution is 0.0608. The zero-order valence-electron chi connectivity index (χ0n) is 10.6. The average molecular weight is 267 g/mol. The van der Waals surface area contributed by atoms with E-state index >= 15 is 0 Å². The molecule has 2 aliphatic rings. The summed E-state index contributed by atoms with van der Waals surface area (Å²) in [6, 6.07) is 3.86. The maximum atomic E-state index is 5.86. The van der Waals surface area contributed by atoms with Gasteiger partial charge in [-0.3, -0.25) is 0 Å². The van der Waals surface area contributed by atoms with Crippen LogP contribution in [0.4, 0.5) is 5.69 Å². The van der Waals surface area contributed by atoms with Gasteiger partial charge in [0, 0.05) is 24.2 Å². The summed E-state index contributed by atoms with van der Waals surface area (Å²) in [6.45, 7) is 0. The van der Waals surface area contributed by atoms with Crippen LogP contribution >= 0.6 is 11.6 Å². The van der Waals surface area contributed by atoms with E-state index in [2.05, 4.69) is 27.5 Å². The lowest BCUT2D eigenvalue weighted by Crippen LogP contribution is -2.52. The third-order valence-electron chi connectivity index (χ3n) is 4.34. The molecule has 2 saturated heterocycles. The topological polar surface area (TPSA) is 41.0 Å². The molecular weight excluding hydrogens is 248 g/mol. The Morgan fingerprint density at radius 2 is 2.06 bits per heavy atom. The van der Waals surface area contributed by atoms with Crippen LogP contribution in [-0.4, -0.2) is 40.3 Å². The van der Waals surface area contributed by atoms with Gasteiger partial charge in [-0.1, -0.05) is 18.0 Å². The fraction of sp³-hybridized carbons (Fsp3) is 0.692. The Hall–Kier alpha value is -0.870. The van der Waals surface area contributed by atoms with Crippen molar-refractivity contribution in [1.82, 2.24) is 15.1 Å². The van der Waals surface area contributed by atoms with Gasteiger partial charge in [0.2, 0.25) is 0 Å². The van der Waals surface area contributed by atoms with Crippen LogP contribution in [0.25, 0.3) is 0 Å². The van der Waals surface area contributed by atoms with Crippen molar-refractivity contribution in [2.45, 2.75) is 50.2 Å². The Morgan fingerprint density at radius 1 is 1.33 bits per heavy atom. The number of halogens is 1. The van der Waals surface area contributed by atoms with Crippen LogP contribution in [-0.2, 0) is 0 Å². The van der Waals surface area contributed by atoms with E-state index in [0.717, 1.165) is 17.8 Å². The lowest BCUT2D eigenvalue weighted by Gasteiger charge is -2.47. The van der Waals surface area contributed by atoms with E-state index in [1.807, 2.05) is 6.07 Å². The van der Waals surface area contributed by atoms with Crippen LogP contribution in [0.15, 0.2) is 12.3 Å². The van der Waals surface area contributed by atoms with Crippen molar-refractivity contribution >= 4 is 17.3 Å². The number of hydrogen-bond acceptors (Lipinski definition) is 4. The molecule has 4 nitrogen and oxygen atoms in total. The van der Waals surface area contributed by atoms with Gasteiger partial charge in [0.1, 0.15) is 0 Å². The fourth-order valence-electron chi connectivity index (χ4n) is 3.39. The van der Waals surface area contributed by atoms with E-state index in [4.69, 9.17) is 11.6 Å². The highest BCUT2D eigenvalue weighted by Crippen LogP contribution is 2.33. The molecule has 18 heavy (non-hydrogen) atoms.